The van der Waals surface area contributed by atoms with Crippen molar-refractivity contribution in [1.82, 2.24) is 9.97 Å². The largest absolute Gasteiger partial charge is 0.373 e. The summed E-state index contributed by atoms with van der Waals surface area (Å²) in [7, 11) is 1.90. The Hall–Kier alpha value is -1.32. The van der Waals surface area contributed by atoms with Gasteiger partial charge in [-0.15, -0.1) is 0 Å². The molecule has 18 heavy (non-hydrogen) atoms. The molecule has 0 aliphatic rings. The highest BCUT2D eigenvalue weighted by Gasteiger charge is 2.16. The van der Waals surface area contributed by atoms with Crippen molar-refractivity contribution >= 4 is 11.6 Å². The SMILES string of the molecule is CCCC(CC)Nc1ncnc(NC)c1C(C)C. The summed E-state index contributed by atoms with van der Waals surface area (Å²) in [6.45, 7) is 8.77. The minimum atomic E-state index is 0.398. The van der Waals surface area contributed by atoms with E-state index in [4.69, 9.17) is 0 Å². The van der Waals surface area contributed by atoms with Crippen LogP contribution in [0.4, 0.5) is 11.6 Å². The van der Waals surface area contributed by atoms with Crippen LogP contribution in [0.1, 0.15) is 58.4 Å². The predicted molar refractivity (Wildman–Crippen MR) is 78.3 cm³/mol. The molecule has 0 spiro atoms. The van der Waals surface area contributed by atoms with Gasteiger partial charge in [-0.3, -0.25) is 0 Å². The quantitative estimate of drug-likeness (QED) is 0.776. The molecule has 0 amide bonds. The average molecular weight is 250 g/mol. The zero-order valence-electron chi connectivity index (χ0n) is 12.2. The van der Waals surface area contributed by atoms with Crippen molar-refractivity contribution in [2.75, 3.05) is 17.7 Å². The maximum absolute atomic E-state index is 4.42. The third kappa shape index (κ3) is 3.59. The Bertz CT molecular complexity index is 363. The van der Waals surface area contributed by atoms with Crippen LogP contribution in [-0.4, -0.2) is 23.1 Å². The van der Waals surface area contributed by atoms with E-state index in [9.17, 15) is 0 Å². The lowest BCUT2D eigenvalue weighted by molar-refractivity contribution is 0.618. The molecule has 4 nitrogen and oxygen atoms in total. The van der Waals surface area contributed by atoms with Gasteiger partial charge < -0.3 is 10.6 Å². The van der Waals surface area contributed by atoms with Gasteiger partial charge in [0.2, 0.25) is 0 Å². The van der Waals surface area contributed by atoms with Crippen LogP contribution in [0.3, 0.4) is 0 Å². The molecule has 4 heteroatoms. The summed E-state index contributed by atoms with van der Waals surface area (Å²) in [5.74, 6) is 2.30. The van der Waals surface area contributed by atoms with E-state index in [1.165, 1.54) is 18.4 Å². The fourth-order valence-corrected chi connectivity index (χ4v) is 2.18. The van der Waals surface area contributed by atoms with Gasteiger partial charge in [0.05, 0.1) is 0 Å². The molecule has 1 atom stereocenters. The third-order valence-corrected chi connectivity index (χ3v) is 3.17. The molecule has 0 aromatic carbocycles. The second-order valence-electron chi connectivity index (χ2n) is 4.93. The van der Waals surface area contributed by atoms with Gasteiger partial charge in [-0.05, 0) is 18.8 Å². The standard InChI is InChI=1S/C14H26N4/c1-6-8-11(7-2)18-14-12(10(3)4)13(15-5)16-9-17-14/h9-11H,6-8H2,1-5H3,(H2,15,16,17,18). The third-order valence-electron chi connectivity index (χ3n) is 3.17. The monoisotopic (exact) mass is 250 g/mol. The lowest BCUT2D eigenvalue weighted by atomic mass is 10.0. The second-order valence-corrected chi connectivity index (χ2v) is 4.93. The van der Waals surface area contributed by atoms with Crippen molar-refractivity contribution in [2.24, 2.45) is 0 Å². The molecule has 1 rings (SSSR count). The van der Waals surface area contributed by atoms with Crippen molar-refractivity contribution in [3.8, 4) is 0 Å². The number of nitrogens with one attached hydrogen (secondary N) is 2. The molecule has 0 saturated carbocycles. The van der Waals surface area contributed by atoms with Crippen LogP contribution >= 0.6 is 0 Å². The van der Waals surface area contributed by atoms with Gasteiger partial charge in [0.1, 0.15) is 18.0 Å². The van der Waals surface area contributed by atoms with Crippen LogP contribution in [-0.2, 0) is 0 Å². The van der Waals surface area contributed by atoms with Crippen molar-refractivity contribution in [3.63, 3.8) is 0 Å². The van der Waals surface area contributed by atoms with Gasteiger partial charge in [0, 0.05) is 18.7 Å². The van der Waals surface area contributed by atoms with Crippen molar-refractivity contribution < 1.29 is 0 Å². The predicted octanol–water partition coefficient (Wildman–Crippen LogP) is 3.63. The molecule has 2 N–H and O–H groups in total. The van der Waals surface area contributed by atoms with E-state index in [0.717, 1.165) is 18.1 Å². The van der Waals surface area contributed by atoms with E-state index in [0.29, 0.717) is 12.0 Å². The number of hydrogen-bond donors (Lipinski definition) is 2. The van der Waals surface area contributed by atoms with Crippen LogP contribution in [0.15, 0.2) is 6.33 Å². The molecule has 1 unspecified atom stereocenters. The van der Waals surface area contributed by atoms with Crippen molar-refractivity contribution in [1.29, 1.82) is 0 Å². The summed E-state index contributed by atoms with van der Waals surface area (Å²) in [6.07, 6.45) is 5.10. The molecule has 0 bridgehead atoms. The van der Waals surface area contributed by atoms with E-state index >= 15 is 0 Å². The first-order valence-electron chi connectivity index (χ1n) is 6.93. The normalized spacial score (nSPS) is 12.6. The molecule has 1 heterocycles. The van der Waals surface area contributed by atoms with Gasteiger partial charge in [-0.1, -0.05) is 34.1 Å². The molecule has 0 fully saturated rings. The van der Waals surface area contributed by atoms with E-state index in [1.807, 2.05) is 7.05 Å². The summed E-state index contributed by atoms with van der Waals surface area (Å²) in [5, 5.41) is 6.71. The Morgan fingerprint density at radius 2 is 1.83 bits per heavy atom. The Morgan fingerprint density at radius 1 is 1.17 bits per heavy atom. The summed E-state index contributed by atoms with van der Waals surface area (Å²) in [4.78, 5) is 8.71. The van der Waals surface area contributed by atoms with Gasteiger partial charge in [-0.2, -0.15) is 0 Å². The first-order chi connectivity index (χ1) is 8.63. The van der Waals surface area contributed by atoms with Crippen LogP contribution in [0.25, 0.3) is 0 Å². The van der Waals surface area contributed by atoms with Crippen molar-refractivity contribution in [2.45, 2.75) is 58.9 Å². The average Bonchev–Trinajstić information content (AvgIpc) is 2.37. The Balaban J connectivity index is 3.00. The van der Waals surface area contributed by atoms with E-state index in [1.54, 1.807) is 6.33 Å². The van der Waals surface area contributed by atoms with Crippen LogP contribution < -0.4 is 10.6 Å². The number of aromatic nitrogens is 2. The number of anilines is 2. The summed E-state index contributed by atoms with van der Waals surface area (Å²) in [5.41, 5.74) is 1.18. The molecule has 0 saturated heterocycles. The number of hydrogen-bond acceptors (Lipinski definition) is 4. The summed E-state index contributed by atoms with van der Waals surface area (Å²) < 4.78 is 0. The maximum Gasteiger partial charge on any atom is 0.135 e. The minimum Gasteiger partial charge on any atom is -0.373 e. The summed E-state index contributed by atoms with van der Waals surface area (Å²) >= 11 is 0. The first-order valence-corrected chi connectivity index (χ1v) is 6.93. The zero-order valence-corrected chi connectivity index (χ0v) is 12.2. The van der Waals surface area contributed by atoms with Crippen LogP contribution in [0.5, 0.6) is 0 Å². The highest BCUT2D eigenvalue weighted by atomic mass is 15.1. The Morgan fingerprint density at radius 3 is 2.33 bits per heavy atom. The van der Waals surface area contributed by atoms with E-state index in [-0.39, 0.29) is 0 Å². The van der Waals surface area contributed by atoms with E-state index < -0.39 is 0 Å². The fraction of sp³-hybridized carbons (Fsp3) is 0.714. The number of nitrogens with zero attached hydrogens (tertiary/aromatic N) is 2. The summed E-state index contributed by atoms with van der Waals surface area (Å²) in [6, 6.07) is 0.493. The van der Waals surface area contributed by atoms with Gasteiger partial charge in [0.25, 0.3) is 0 Å². The first kappa shape index (κ1) is 14.7. The topological polar surface area (TPSA) is 49.8 Å². The maximum atomic E-state index is 4.42. The molecule has 0 aliphatic carbocycles. The van der Waals surface area contributed by atoms with E-state index in [2.05, 4.69) is 48.3 Å². The highest BCUT2D eigenvalue weighted by Crippen LogP contribution is 2.28. The van der Waals surface area contributed by atoms with Gasteiger partial charge in [0.15, 0.2) is 0 Å². The second kappa shape index (κ2) is 7.19. The lowest BCUT2D eigenvalue weighted by Crippen LogP contribution is -2.21. The molecule has 1 aromatic rings. The van der Waals surface area contributed by atoms with Gasteiger partial charge in [-0.25, -0.2) is 9.97 Å². The zero-order chi connectivity index (χ0) is 13.5. The molecule has 1 aromatic heterocycles. The molecule has 102 valence electrons. The number of rotatable bonds is 7. The Kier molecular flexibility index (Phi) is 5.89. The fourth-order valence-electron chi connectivity index (χ4n) is 2.18. The molecule has 0 radical (unpaired) electrons. The molecule has 0 aliphatic heterocycles. The smallest absolute Gasteiger partial charge is 0.135 e. The van der Waals surface area contributed by atoms with Crippen molar-refractivity contribution in [3.05, 3.63) is 11.9 Å². The Labute approximate surface area is 111 Å². The van der Waals surface area contributed by atoms with Gasteiger partial charge >= 0.3 is 0 Å². The lowest BCUT2D eigenvalue weighted by Gasteiger charge is -2.21. The van der Waals surface area contributed by atoms with Crippen LogP contribution in [0, 0.1) is 0 Å². The molecular weight excluding hydrogens is 224 g/mol. The minimum absolute atomic E-state index is 0.398. The highest BCUT2D eigenvalue weighted by molar-refractivity contribution is 5.59. The molecular formula is C14H26N4. The van der Waals surface area contributed by atoms with Crippen LogP contribution in [0.2, 0.25) is 0 Å².